The zero-order valence-corrected chi connectivity index (χ0v) is 45.0. The zero-order chi connectivity index (χ0) is 52.3. The third kappa shape index (κ3) is 12.2. The molecule has 18 nitrogen and oxygen atoms in total. The maximum atomic E-state index is 14.3. The van der Waals surface area contributed by atoms with Crippen molar-refractivity contribution in [2.24, 2.45) is 26.1 Å². The molecule has 2 fully saturated rings. The van der Waals surface area contributed by atoms with Gasteiger partial charge in [0, 0.05) is 72.7 Å². The molecule has 8 rings (SSSR count). The molecule has 0 spiro atoms. The minimum atomic E-state index is -1.05. The number of nitrogens with one attached hydrogen (secondary N) is 2. The maximum absolute atomic E-state index is 14.3. The van der Waals surface area contributed by atoms with Crippen molar-refractivity contribution >= 4 is 69.6 Å². The Hall–Kier alpha value is -5.48. The summed E-state index contributed by atoms with van der Waals surface area (Å²) in [6.07, 6.45) is 1.36. The second kappa shape index (κ2) is 23.0. The first-order valence-corrected chi connectivity index (χ1v) is 26.9. The summed E-state index contributed by atoms with van der Waals surface area (Å²) in [6.45, 7) is 17.6. The Morgan fingerprint density at radius 2 is 1.74 bits per heavy atom. The number of likely N-dealkylation sites (tertiary alicyclic amines) is 1. The molecular formula is C52H67ClN12O6S2. The fraction of sp³-hybridized carbons (Fsp3) is 0.500. The number of thiophene rings is 1. The predicted molar refractivity (Wildman–Crippen MR) is 287 cm³/mol. The first-order chi connectivity index (χ1) is 34.8. The summed E-state index contributed by atoms with van der Waals surface area (Å²) in [5.74, 6) is 0.116. The van der Waals surface area contributed by atoms with E-state index in [1.165, 1.54) is 22.1 Å². The van der Waals surface area contributed by atoms with Crippen LogP contribution in [-0.4, -0.2) is 151 Å². The van der Waals surface area contributed by atoms with Crippen LogP contribution in [0.4, 0.5) is 0 Å². The predicted octanol–water partition coefficient (Wildman–Crippen LogP) is 5.55. The molecule has 6 N–H and O–H groups in total. The van der Waals surface area contributed by atoms with Crippen LogP contribution in [0.1, 0.15) is 109 Å². The van der Waals surface area contributed by atoms with Crippen molar-refractivity contribution in [3.05, 3.63) is 110 Å². The lowest BCUT2D eigenvalue weighted by molar-refractivity contribution is -0.144. The Balaban J connectivity index is 0.849. The summed E-state index contributed by atoms with van der Waals surface area (Å²) in [6, 6.07) is 13.1. The number of rotatable bonds is 15. The summed E-state index contributed by atoms with van der Waals surface area (Å²) in [5, 5.41) is 39.3. The number of aliphatic hydroxyl groups is 2. The Bertz CT molecular complexity index is 2760. The Morgan fingerprint density at radius 3 is 2.40 bits per heavy atom. The van der Waals surface area contributed by atoms with Crippen LogP contribution >= 0.6 is 34.7 Å². The number of hydrogen-bond acceptors (Lipinski definition) is 16. The van der Waals surface area contributed by atoms with E-state index in [4.69, 9.17) is 27.1 Å². The van der Waals surface area contributed by atoms with Crippen LogP contribution in [0.2, 0.25) is 5.02 Å². The van der Waals surface area contributed by atoms with Gasteiger partial charge < -0.3 is 36.2 Å². The number of piperazine rings is 1. The number of nitrogens with zero attached hydrogens (tertiary/aromatic N) is 9. The molecule has 3 unspecified atom stereocenters. The van der Waals surface area contributed by atoms with Gasteiger partial charge in [-0.25, -0.2) is 4.99 Å². The number of ether oxygens (including phenoxy) is 1. The monoisotopic (exact) mass is 1050 g/mol. The van der Waals surface area contributed by atoms with Gasteiger partial charge in [0.25, 0.3) is 5.91 Å². The average molecular weight is 1060 g/mol. The standard InChI is InChI=1S/C52H67ClN12O6S2/c1-29-32(4)73-51-44(29)45(35-13-15-37(53)16-14-35)58-39(48-61-60-33(5)65(48)51)24-43(68)63-21-19-62(20-22-63)27-55-42(17-18-54)71-26-41(67)59-47(52(6,7)8)50(70)64-25-38(66)23-40(64)49(69)57-30(2)34-9-11-36(12-10-34)46-31(3)56-28-72-46/h9-18,28,30-31,38-40,43,46-47,66,68H,19-27,54H2,1-8H3,(H,57,69)(H,59,67)/b18-17-,55-42?/t30-,31?,38+,39-,40-,43?,46?,47+/m0/s1. The molecule has 73 heavy (non-hydrogen) atoms. The number of carbonyl (C=O) groups is 3. The molecular weight excluding hydrogens is 988 g/mol. The van der Waals surface area contributed by atoms with Crippen LogP contribution in [0.5, 0.6) is 0 Å². The average Bonchev–Trinajstić information content (AvgIpc) is 4.13. The van der Waals surface area contributed by atoms with Crippen LogP contribution in [0.3, 0.4) is 0 Å². The van der Waals surface area contributed by atoms with Crippen LogP contribution in [0, 0.1) is 26.2 Å². The van der Waals surface area contributed by atoms with E-state index in [0.717, 1.165) is 44.4 Å². The minimum absolute atomic E-state index is 0.0513. The van der Waals surface area contributed by atoms with Crippen molar-refractivity contribution in [2.75, 3.05) is 46.0 Å². The highest BCUT2D eigenvalue weighted by Crippen LogP contribution is 2.41. The highest BCUT2D eigenvalue weighted by Gasteiger charge is 2.45. The summed E-state index contributed by atoms with van der Waals surface area (Å²) in [5.41, 5.74) is 12.9. The molecule has 0 bridgehead atoms. The number of hydrogen-bond donors (Lipinski definition) is 5. The van der Waals surface area contributed by atoms with Crippen molar-refractivity contribution in [2.45, 2.75) is 116 Å². The van der Waals surface area contributed by atoms with Gasteiger partial charge in [-0.05, 0) is 75.1 Å². The molecule has 2 aromatic carbocycles. The number of thioether (sulfide) groups is 1. The largest absolute Gasteiger partial charge is 0.468 e. The molecule has 2 saturated heterocycles. The first-order valence-electron chi connectivity index (χ1n) is 24.7. The van der Waals surface area contributed by atoms with E-state index < -0.39 is 54.3 Å². The molecule has 0 saturated carbocycles. The van der Waals surface area contributed by atoms with Gasteiger partial charge in [0.1, 0.15) is 35.2 Å². The zero-order valence-electron chi connectivity index (χ0n) is 42.7. The van der Waals surface area contributed by atoms with E-state index in [1.807, 2.05) is 81.5 Å². The van der Waals surface area contributed by atoms with Crippen molar-refractivity contribution in [3.63, 3.8) is 0 Å². The third-order valence-electron chi connectivity index (χ3n) is 14.0. The second-order valence-electron chi connectivity index (χ2n) is 20.3. The molecule has 6 heterocycles. The molecule has 4 aliphatic heterocycles. The normalized spacial score (nSPS) is 22.9. The van der Waals surface area contributed by atoms with E-state index in [2.05, 4.69) is 73.2 Å². The van der Waals surface area contributed by atoms with Gasteiger partial charge >= 0.3 is 0 Å². The number of aromatic nitrogens is 3. The quantitative estimate of drug-likeness (QED) is 0.0730. The number of aliphatic imine (C=N–C) groups is 3. The molecule has 0 radical (unpaired) electrons. The summed E-state index contributed by atoms with van der Waals surface area (Å²) >= 11 is 9.67. The fourth-order valence-electron chi connectivity index (χ4n) is 9.68. The highest BCUT2D eigenvalue weighted by atomic mass is 35.5. The molecule has 4 aromatic rings. The highest BCUT2D eigenvalue weighted by molar-refractivity contribution is 8.12. The van der Waals surface area contributed by atoms with E-state index >= 15 is 0 Å². The Labute approximate surface area is 440 Å². The molecule has 390 valence electrons. The van der Waals surface area contributed by atoms with Gasteiger partial charge in [-0.2, -0.15) is 0 Å². The van der Waals surface area contributed by atoms with E-state index in [0.29, 0.717) is 43.4 Å². The van der Waals surface area contributed by atoms with Gasteiger partial charge in [-0.3, -0.25) is 38.7 Å². The number of nitrogens with two attached hydrogens (primary N) is 1. The van der Waals surface area contributed by atoms with Crippen molar-refractivity contribution in [1.29, 1.82) is 0 Å². The minimum Gasteiger partial charge on any atom is -0.468 e. The van der Waals surface area contributed by atoms with Gasteiger partial charge in [0.2, 0.25) is 17.7 Å². The lowest BCUT2D eigenvalue weighted by atomic mass is 9.85. The number of aliphatic hydroxyl groups excluding tert-OH is 2. The van der Waals surface area contributed by atoms with E-state index in [-0.39, 0.29) is 48.8 Å². The third-order valence-corrected chi connectivity index (χ3v) is 16.6. The molecule has 2 aromatic heterocycles. The number of halogens is 1. The number of aryl methyl sites for hydroxylation is 2. The number of benzene rings is 2. The molecule has 3 amide bonds. The Kier molecular flexibility index (Phi) is 16.9. The smallest absolute Gasteiger partial charge is 0.258 e. The fourth-order valence-corrected chi connectivity index (χ4v) is 12.0. The van der Waals surface area contributed by atoms with Gasteiger partial charge in [-0.1, -0.05) is 68.8 Å². The maximum Gasteiger partial charge on any atom is 0.258 e. The number of β-amino-alcohol motifs (C(OH)–C–C–N with tert-alkyl or cyclic N) is 1. The summed E-state index contributed by atoms with van der Waals surface area (Å²) in [4.78, 5) is 62.7. The van der Waals surface area contributed by atoms with Crippen molar-refractivity contribution in [3.8, 4) is 5.00 Å². The van der Waals surface area contributed by atoms with Crippen molar-refractivity contribution in [1.82, 2.24) is 40.1 Å². The Morgan fingerprint density at radius 1 is 1.03 bits per heavy atom. The topological polar surface area (TPSA) is 228 Å². The first kappa shape index (κ1) is 53.8. The summed E-state index contributed by atoms with van der Waals surface area (Å²) < 4.78 is 7.92. The molecule has 8 atom stereocenters. The van der Waals surface area contributed by atoms with E-state index in [9.17, 15) is 24.6 Å². The summed E-state index contributed by atoms with van der Waals surface area (Å²) in [7, 11) is 0. The lowest BCUT2D eigenvalue weighted by Crippen LogP contribution is -2.58. The number of amides is 3. The van der Waals surface area contributed by atoms with E-state index in [1.54, 1.807) is 23.1 Å². The second-order valence-corrected chi connectivity index (χ2v) is 22.9. The van der Waals surface area contributed by atoms with Crippen LogP contribution < -0.4 is 16.4 Å². The van der Waals surface area contributed by atoms with Crippen molar-refractivity contribution < 1.29 is 29.3 Å². The lowest BCUT2D eigenvalue weighted by Gasteiger charge is -2.37. The van der Waals surface area contributed by atoms with Gasteiger partial charge in [0.15, 0.2) is 12.4 Å². The molecule has 0 aliphatic carbocycles. The SMILES string of the molecule is Cc1sc2c(c1C)C(c1ccc(Cl)cc1)=N[C@@H](CC(O)N1CCN(CN=C(/C=C\N)OCC(=O)N[C@H](C(=O)N3C[C@H](O)C[C@H]3C(=O)N[C@@H](C)c3ccc(C4SC=NC4C)cc3)C(C)(C)C)CC1)c1nnc(C)n1-2. The van der Waals surface area contributed by atoms with Gasteiger partial charge in [-0.15, -0.1) is 33.3 Å². The van der Waals surface area contributed by atoms with Crippen LogP contribution in [0.25, 0.3) is 5.00 Å². The molecule has 4 aliphatic rings. The van der Waals surface area contributed by atoms with Gasteiger partial charge in [0.05, 0.1) is 41.4 Å². The molecule has 21 heteroatoms. The van der Waals surface area contributed by atoms with Crippen LogP contribution in [-0.2, 0) is 19.1 Å². The van der Waals surface area contributed by atoms with Crippen LogP contribution in [0.15, 0.2) is 75.8 Å². The number of carbonyl (C=O) groups excluding carboxylic acids is 3. The number of fused-ring (bicyclic) bond motifs is 3.